The van der Waals surface area contributed by atoms with Crippen LogP contribution in [0.5, 0.6) is 0 Å². The summed E-state index contributed by atoms with van der Waals surface area (Å²) in [6.45, 7) is 1.48. The number of carbonyl (C=O) groups is 2. The monoisotopic (exact) mass is 399 g/mol. The van der Waals surface area contributed by atoms with Gasteiger partial charge in [-0.05, 0) is 31.0 Å². The number of hydrogen-bond acceptors (Lipinski definition) is 3. The molecule has 0 unspecified atom stereocenters. The van der Waals surface area contributed by atoms with Crippen LogP contribution in [0.4, 0.5) is 5.69 Å². The Balaban J connectivity index is 1.89. The molecule has 1 amide bonds. The molecule has 2 rings (SSSR count). The van der Waals surface area contributed by atoms with Gasteiger partial charge in [-0.1, -0.05) is 65.1 Å². The van der Waals surface area contributed by atoms with Gasteiger partial charge in [-0.3, -0.25) is 9.59 Å². The highest BCUT2D eigenvalue weighted by atomic mass is 35.5. The average Bonchev–Trinajstić information content (AvgIpc) is 2.57. The summed E-state index contributed by atoms with van der Waals surface area (Å²) in [7, 11) is 0. The molecule has 0 radical (unpaired) electrons. The van der Waals surface area contributed by atoms with Gasteiger partial charge >= 0.3 is 5.97 Å². The van der Waals surface area contributed by atoms with Crippen molar-refractivity contribution in [1.82, 2.24) is 0 Å². The van der Waals surface area contributed by atoms with E-state index in [1.807, 2.05) is 30.3 Å². The summed E-state index contributed by atoms with van der Waals surface area (Å²) in [5, 5.41) is 3.31. The number of esters is 1. The summed E-state index contributed by atoms with van der Waals surface area (Å²) < 4.78 is 5.15. The van der Waals surface area contributed by atoms with Crippen molar-refractivity contribution in [2.75, 3.05) is 5.32 Å². The maximum absolute atomic E-state index is 12.2. The fraction of sp³-hybridized carbons (Fsp3) is 0.222. The van der Waals surface area contributed by atoms with Crippen molar-refractivity contribution in [2.45, 2.75) is 25.9 Å². The Hall–Kier alpha value is -1.75. The molecule has 0 aliphatic rings. The predicted molar refractivity (Wildman–Crippen MR) is 100 cm³/mol. The van der Waals surface area contributed by atoms with E-state index in [-0.39, 0.29) is 22.2 Å². The van der Waals surface area contributed by atoms with Crippen LogP contribution >= 0.6 is 34.8 Å². The van der Waals surface area contributed by atoms with Gasteiger partial charge in [-0.2, -0.15) is 0 Å². The van der Waals surface area contributed by atoms with E-state index in [1.54, 1.807) is 0 Å². The van der Waals surface area contributed by atoms with E-state index in [9.17, 15) is 9.59 Å². The van der Waals surface area contributed by atoms with Gasteiger partial charge < -0.3 is 10.1 Å². The van der Waals surface area contributed by atoms with Crippen LogP contribution in [0.25, 0.3) is 0 Å². The minimum atomic E-state index is -0.980. The first-order chi connectivity index (χ1) is 11.9. The Morgan fingerprint density at radius 3 is 2.28 bits per heavy atom. The molecule has 0 aliphatic heterocycles. The number of carbonyl (C=O) groups excluding carboxylic acids is 2. The van der Waals surface area contributed by atoms with Crippen molar-refractivity contribution in [3.8, 4) is 0 Å². The number of rotatable bonds is 6. The van der Waals surface area contributed by atoms with E-state index in [4.69, 9.17) is 39.5 Å². The molecule has 25 heavy (non-hydrogen) atoms. The van der Waals surface area contributed by atoms with Gasteiger partial charge in [0.25, 0.3) is 5.91 Å². The minimum Gasteiger partial charge on any atom is -0.453 e. The van der Waals surface area contributed by atoms with Crippen LogP contribution in [0, 0.1) is 0 Å². The zero-order valence-electron chi connectivity index (χ0n) is 13.4. The van der Waals surface area contributed by atoms with Crippen LogP contribution in [-0.2, 0) is 20.7 Å². The lowest BCUT2D eigenvalue weighted by molar-refractivity contribution is -0.153. The summed E-state index contributed by atoms with van der Waals surface area (Å²) in [5.41, 5.74) is 1.25. The average molecular weight is 401 g/mol. The molecule has 0 bridgehead atoms. The summed E-state index contributed by atoms with van der Waals surface area (Å²) in [6.07, 6.45) is -0.251. The van der Waals surface area contributed by atoms with Crippen molar-refractivity contribution in [2.24, 2.45) is 0 Å². The zero-order valence-corrected chi connectivity index (χ0v) is 15.7. The summed E-state index contributed by atoms with van der Waals surface area (Å²) in [4.78, 5) is 24.1. The van der Waals surface area contributed by atoms with Gasteiger partial charge in [0.1, 0.15) is 0 Å². The van der Waals surface area contributed by atoms with Crippen LogP contribution in [0.2, 0.25) is 15.1 Å². The second-order valence-electron chi connectivity index (χ2n) is 5.35. The van der Waals surface area contributed by atoms with E-state index < -0.39 is 18.0 Å². The number of halogens is 3. The first-order valence-electron chi connectivity index (χ1n) is 7.55. The number of hydrogen-bond donors (Lipinski definition) is 1. The first kappa shape index (κ1) is 19.6. The van der Waals surface area contributed by atoms with Gasteiger partial charge in [-0.15, -0.1) is 0 Å². The molecular formula is C18H16Cl3NO3. The van der Waals surface area contributed by atoms with Crippen molar-refractivity contribution < 1.29 is 14.3 Å². The van der Waals surface area contributed by atoms with Gasteiger partial charge in [0.15, 0.2) is 6.10 Å². The Morgan fingerprint density at radius 1 is 1.08 bits per heavy atom. The molecule has 1 atom stereocenters. The molecule has 0 fully saturated rings. The third-order valence-electron chi connectivity index (χ3n) is 3.39. The van der Waals surface area contributed by atoms with Gasteiger partial charge in [0.2, 0.25) is 0 Å². The first-order valence-corrected chi connectivity index (χ1v) is 8.69. The van der Waals surface area contributed by atoms with Crippen molar-refractivity contribution in [1.29, 1.82) is 0 Å². The van der Waals surface area contributed by atoms with Crippen LogP contribution in [-0.4, -0.2) is 18.0 Å². The third kappa shape index (κ3) is 5.92. The molecule has 2 aromatic rings. The highest BCUT2D eigenvalue weighted by Gasteiger charge is 2.20. The van der Waals surface area contributed by atoms with E-state index >= 15 is 0 Å². The smallest absolute Gasteiger partial charge is 0.306 e. The number of anilines is 1. The topological polar surface area (TPSA) is 55.4 Å². The molecule has 2 aromatic carbocycles. The van der Waals surface area contributed by atoms with Crippen LogP contribution in [0.1, 0.15) is 18.9 Å². The molecule has 1 N–H and O–H groups in total. The van der Waals surface area contributed by atoms with Crippen LogP contribution in [0.15, 0.2) is 42.5 Å². The highest BCUT2D eigenvalue weighted by Crippen LogP contribution is 2.33. The van der Waals surface area contributed by atoms with E-state index in [2.05, 4.69) is 5.32 Å². The Morgan fingerprint density at radius 2 is 1.68 bits per heavy atom. The maximum atomic E-state index is 12.2. The lowest BCUT2D eigenvalue weighted by atomic mass is 10.1. The second kappa shape index (κ2) is 9.09. The Labute approximate surface area is 161 Å². The molecule has 4 nitrogen and oxygen atoms in total. The number of amides is 1. The van der Waals surface area contributed by atoms with Crippen molar-refractivity contribution in [3.05, 3.63) is 63.1 Å². The zero-order chi connectivity index (χ0) is 18.4. The number of aryl methyl sites for hydroxylation is 1. The normalized spacial score (nSPS) is 11.7. The Kier molecular flexibility index (Phi) is 7.12. The second-order valence-corrected chi connectivity index (χ2v) is 6.60. The van der Waals surface area contributed by atoms with E-state index in [0.717, 1.165) is 5.56 Å². The lowest BCUT2D eigenvalue weighted by Crippen LogP contribution is -2.30. The molecule has 0 aliphatic carbocycles. The quantitative estimate of drug-likeness (QED) is 0.682. The number of ether oxygens (including phenoxy) is 1. The fourth-order valence-corrected chi connectivity index (χ4v) is 3.00. The van der Waals surface area contributed by atoms with Crippen LogP contribution < -0.4 is 5.32 Å². The fourth-order valence-electron chi connectivity index (χ4n) is 2.09. The lowest BCUT2D eigenvalue weighted by Gasteiger charge is -2.15. The SMILES string of the molecule is C[C@H](OC(=O)CCc1ccccc1)C(=O)Nc1c(Cl)cc(Cl)cc1Cl. The molecule has 0 heterocycles. The van der Waals surface area contributed by atoms with Gasteiger partial charge in [-0.25, -0.2) is 0 Å². The summed E-state index contributed by atoms with van der Waals surface area (Å²) in [5.74, 6) is -0.987. The standard InChI is InChI=1S/C18H16Cl3NO3/c1-11(25-16(23)8-7-12-5-3-2-4-6-12)18(24)22-17-14(20)9-13(19)10-15(17)21/h2-6,9-11H,7-8H2,1H3,(H,22,24)/t11-/m0/s1. The third-order valence-corrected chi connectivity index (χ3v) is 4.21. The predicted octanol–water partition coefficient (Wildman–Crippen LogP) is 5.15. The molecule has 7 heteroatoms. The number of nitrogens with one attached hydrogen (secondary N) is 1. The summed E-state index contributed by atoms with van der Waals surface area (Å²) >= 11 is 17.9. The van der Waals surface area contributed by atoms with Crippen LogP contribution in [0.3, 0.4) is 0 Å². The maximum Gasteiger partial charge on any atom is 0.306 e. The van der Waals surface area contributed by atoms with Crippen molar-refractivity contribution >= 4 is 52.4 Å². The van der Waals surface area contributed by atoms with E-state index in [0.29, 0.717) is 11.4 Å². The molecule has 0 saturated carbocycles. The molecule has 0 spiro atoms. The van der Waals surface area contributed by atoms with Gasteiger partial charge in [0, 0.05) is 11.4 Å². The van der Waals surface area contributed by atoms with Gasteiger partial charge in [0.05, 0.1) is 15.7 Å². The highest BCUT2D eigenvalue weighted by molar-refractivity contribution is 6.42. The molecule has 0 aromatic heterocycles. The summed E-state index contributed by atoms with van der Waals surface area (Å²) in [6, 6.07) is 12.5. The number of benzene rings is 2. The Bertz CT molecular complexity index is 742. The largest absolute Gasteiger partial charge is 0.453 e. The van der Waals surface area contributed by atoms with E-state index in [1.165, 1.54) is 19.1 Å². The van der Waals surface area contributed by atoms with Crippen molar-refractivity contribution in [3.63, 3.8) is 0 Å². The molecule has 132 valence electrons. The molecule has 0 saturated heterocycles. The minimum absolute atomic E-state index is 0.185. The molecular weight excluding hydrogens is 385 g/mol.